The van der Waals surface area contributed by atoms with Crippen LogP contribution in [0.4, 0.5) is 140 Å². The van der Waals surface area contributed by atoms with Gasteiger partial charge < -0.3 is 9.47 Å². The molecule has 0 aliphatic heterocycles. The smallest absolute Gasteiger partial charge is 0.460 e. The first kappa shape index (κ1) is 66.9. The summed E-state index contributed by atoms with van der Waals surface area (Å²) in [6, 6.07) is 5.41. The van der Waals surface area contributed by atoms with Crippen molar-refractivity contribution >= 4 is 0 Å². The molecule has 0 fully saturated rings. The average molecular weight is 1170 g/mol. The molecule has 0 aliphatic carbocycles. The number of unbranched alkanes of at least 4 members (excludes halogenated alkanes) is 5. The van der Waals surface area contributed by atoms with Crippen LogP contribution in [0.1, 0.15) is 51.0 Å². The van der Waals surface area contributed by atoms with E-state index in [1.807, 2.05) is 6.92 Å². The van der Waals surface area contributed by atoms with Gasteiger partial charge in [-0.3, -0.25) is 0 Å². The topological polar surface area (TPSA) is 62.7 Å². The van der Waals surface area contributed by atoms with Crippen LogP contribution in [-0.2, 0) is 20.6 Å². The van der Waals surface area contributed by atoms with Crippen molar-refractivity contribution in [1.29, 1.82) is 0 Å². The minimum atomic E-state index is -9.77. The number of alkyl halides is 32. The van der Waals surface area contributed by atoms with Crippen LogP contribution in [0.5, 0.6) is 5.75 Å². The van der Waals surface area contributed by atoms with Crippen LogP contribution in [0.15, 0.2) is 36.7 Å². The predicted octanol–water partition coefficient (Wildman–Crippen LogP) is 15.1. The Morgan fingerprint density at radius 3 is 1.29 bits per heavy atom. The third kappa shape index (κ3) is 12.4. The highest BCUT2D eigenvalue weighted by Crippen LogP contribution is 2.66. The summed E-state index contributed by atoms with van der Waals surface area (Å²) in [7, 11) is 0. The summed E-state index contributed by atoms with van der Waals surface area (Å²) in [6.07, 6.45) is -38.7. The molecule has 1 aromatic heterocycles. The van der Waals surface area contributed by atoms with Crippen molar-refractivity contribution in [2.24, 2.45) is 0 Å². The Kier molecular flexibility index (Phi) is 19.5. The fourth-order valence-corrected chi connectivity index (χ4v) is 5.56. The fraction of sp³-hybridized carbons (Fsp3) is 0.730. The van der Waals surface area contributed by atoms with Crippen molar-refractivity contribution in [3.05, 3.63) is 42.2 Å². The van der Waals surface area contributed by atoms with E-state index in [9.17, 15) is 140 Å². The summed E-state index contributed by atoms with van der Waals surface area (Å²) >= 11 is 0. The predicted molar refractivity (Wildman–Crippen MR) is 183 cm³/mol. The lowest BCUT2D eigenvalue weighted by Crippen LogP contribution is -2.76. The molecule has 38 heteroatoms. The number of nitrogens with zero attached hydrogens (tertiary/aromatic N) is 2. The van der Waals surface area contributed by atoms with Crippen LogP contribution >= 0.6 is 0 Å². The van der Waals surface area contributed by atoms with Crippen molar-refractivity contribution in [2.75, 3.05) is 19.8 Å². The van der Waals surface area contributed by atoms with E-state index < -0.39 is 116 Å². The first-order valence-corrected chi connectivity index (χ1v) is 19.8. The number of aromatic nitrogens is 2. The Bertz CT molecular complexity index is 2170. The molecule has 75 heavy (non-hydrogen) atoms. The molecule has 436 valence electrons. The molecule has 0 N–H and O–H groups in total. The maximum absolute atomic E-state index is 14.6. The van der Waals surface area contributed by atoms with Crippen LogP contribution in [0, 0.1) is 0 Å². The molecule has 0 saturated heterocycles. The molecule has 1 heterocycles. The third-order valence-electron chi connectivity index (χ3n) is 9.84. The lowest BCUT2D eigenvalue weighted by molar-refractivity contribution is -0.560. The highest BCUT2D eigenvalue weighted by atomic mass is 19.4. The van der Waals surface area contributed by atoms with E-state index in [0.717, 1.165) is 35.2 Å². The number of halogens is 32. The normalized spacial score (nSPS) is 15.6. The van der Waals surface area contributed by atoms with Gasteiger partial charge in [0, 0.05) is 18.0 Å². The van der Waals surface area contributed by atoms with Gasteiger partial charge in [-0.05, 0) is 42.7 Å². The SMILES string of the molecule is CCCCCCCCc1cc(-c2ncccn2)ccc1OCC(F)COCC(F)(F)C(F)(F)C(F)(F)C(F)(F)C(F)(F)C(F)(F)C(F)(F)C(F)(F)C(F)(F)OC(F)(F)C(F)(F)OC(F)(F)C(F)(F)C(F)(F)C(F)(F)F. The van der Waals surface area contributed by atoms with E-state index in [4.69, 9.17) is 4.74 Å². The lowest BCUT2D eigenvalue weighted by atomic mass is 9.87. The summed E-state index contributed by atoms with van der Waals surface area (Å²) in [5, 5.41) is 0. The van der Waals surface area contributed by atoms with E-state index in [-0.39, 0.29) is 18.0 Å². The maximum atomic E-state index is 14.6. The molecule has 2 rings (SSSR count). The van der Waals surface area contributed by atoms with Gasteiger partial charge in [-0.2, -0.15) is 136 Å². The van der Waals surface area contributed by atoms with Gasteiger partial charge in [-0.1, -0.05) is 39.0 Å². The lowest BCUT2D eigenvalue weighted by Gasteiger charge is -2.44. The van der Waals surface area contributed by atoms with E-state index in [0.29, 0.717) is 24.0 Å². The molecule has 1 unspecified atom stereocenters. The van der Waals surface area contributed by atoms with Gasteiger partial charge in [-0.25, -0.2) is 23.8 Å². The van der Waals surface area contributed by atoms with Gasteiger partial charge in [0.25, 0.3) is 0 Å². The van der Waals surface area contributed by atoms with Crippen LogP contribution in [-0.4, -0.2) is 126 Å². The number of hydrogen-bond acceptors (Lipinski definition) is 6. The maximum Gasteiger partial charge on any atom is 0.460 e. The zero-order valence-electron chi connectivity index (χ0n) is 36.2. The van der Waals surface area contributed by atoms with Crippen molar-refractivity contribution < 1.29 is 159 Å². The van der Waals surface area contributed by atoms with Gasteiger partial charge in [-0.15, -0.1) is 0 Å². The average Bonchev–Trinajstić information content (AvgIpc) is 3.25. The van der Waals surface area contributed by atoms with Crippen LogP contribution in [0.25, 0.3) is 11.4 Å². The highest BCUT2D eigenvalue weighted by Gasteiger charge is 2.97. The highest BCUT2D eigenvalue weighted by molar-refractivity contribution is 5.58. The summed E-state index contributed by atoms with van der Waals surface area (Å²) in [6.45, 7) is -5.03. The van der Waals surface area contributed by atoms with Crippen molar-refractivity contribution in [3.63, 3.8) is 0 Å². The molecule has 0 saturated carbocycles. The molecule has 0 bridgehead atoms. The van der Waals surface area contributed by atoms with Crippen LogP contribution in [0.2, 0.25) is 0 Å². The number of rotatable bonds is 30. The first-order valence-electron chi connectivity index (χ1n) is 19.8. The van der Waals surface area contributed by atoms with Gasteiger partial charge in [0.05, 0.1) is 6.61 Å². The molecule has 0 amide bonds. The standard InChI is InChI=1S/C37H30F32N2O4/c1-2-3-4-5-6-7-9-18-14-19(22-70-12-8-13-71-22)10-11-21(18)73-16-20(38)15-72-17-23(39,40)24(41,42)25(43,44)26(45,46)27(47,48)28(49,50)29(51,52)31(55,56)34(62,63)74-36(66,67)37(68,69)75-35(64,65)32(57,58)30(53,54)33(59,60)61/h8,10-14,20H,2-7,9,15-17H2,1H3. The monoisotopic (exact) mass is 1170 g/mol. The molecule has 0 aliphatic rings. The number of ether oxygens (including phenoxy) is 4. The Hall–Kier alpha value is -4.26. The Morgan fingerprint density at radius 2 is 0.853 bits per heavy atom. The quantitative estimate of drug-likeness (QED) is 0.0574. The van der Waals surface area contributed by atoms with Crippen molar-refractivity contribution in [1.82, 2.24) is 9.97 Å². The fourth-order valence-electron chi connectivity index (χ4n) is 5.56. The Balaban J connectivity index is 2.36. The Labute approximate surface area is 397 Å². The van der Waals surface area contributed by atoms with Gasteiger partial charge in [0.2, 0.25) is 0 Å². The minimum Gasteiger partial charge on any atom is -0.490 e. The molecule has 0 radical (unpaired) electrons. The molecule has 6 nitrogen and oxygen atoms in total. The Morgan fingerprint density at radius 1 is 0.453 bits per heavy atom. The molecule has 2 aromatic rings. The molecular weight excluding hydrogens is 1140 g/mol. The molecule has 1 aromatic carbocycles. The van der Waals surface area contributed by atoms with Gasteiger partial charge in [0.1, 0.15) is 19.0 Å². The number of hydrogen-bond donors (Lipinski definition) is 0. The van der Waals surface area contributed by atoms with Crippen LogP contribution < -0.4 is 4.74 Å². The summed E-state index contributed by atoms with van der Waals surface area (Å²) in [5.74, 6) is -90.2. The minimum absolute atomic E-state index is 0.161. The van der Waals surface area contributed by atoms with E-state index in [2.05, 4.69) is 14.7 Å². The number of aryl methyl sites for hydroxylation is 1. The van der Waals surface area contributed by atoms with E-state index >= 15 is 0 Å². The third-order valence-corrected chi connectivity index (χ3v) is 9.84. The van der Waals surface area contributed by atoms with Gasteiger partial charge >= 0.3 is 89.8 Å². The molecule has 1 atom stereocenters. The second kappa shape index (κ2) is 21.9. The second-order valence-corrected chi connectivity index (χ2v) is 15.5. The first-order chi connectivity index (χ1) is 33.3. The molecular formula is C37H30F32N2O4. The second-order valence-electron chi connectivity index (χ2n) is 15.5. The number of benzene rings is 1. The van der Waals surface area contributed by atoms with Crippen LogP contribution in [0.3, 0.4) is 0 Å². The van der Waals surface area contributed by atoms with E-state index in [1.165, 1.54) is 36.7 Å². The van der Waals surface area contributed by atoms with Crippen molar-refractivity contribution in [2.45, 2.75) is 148 Å². The summed E-state index contributed by atoms with van der Waals surface area (Å²) in [5.41, 5.74) is 0.672. The largest absolute Gasteiger partial charge is 0.490 e. The van der Waals surface area contributed by atoms with Crippen molar-refractivity contribution in [3.8, 4) is 17.1 Å². The molecule has 0 spiro atoms. The van der Waals surface area contributed by atoms with Gasteiger partial charge in [0.15, 0.2) is 12.0 Å². The summed E-state index contributed by atoms with van der Waals surface area (Å²) in [4.78, 5) is 8.02. The summed E-state index contributed by atoms with van der Waals surface area (Å²) < 4.78 is 451. The zero-order valence-corrected chi connectivity index (χ0v) is 36.2. The van der Waals surface area contributed by atoms with E-state index in [1.54, 1.807) is 0 Å². The zero-order chi connectivity index (χ0) is 58.9.